The molecule has 0 spiro atoms. The molecule has 0 aliphatic carbocycles. The average molecular weight is 407 g/mol. The summed E-state index contributed by atoms with van der Waals surface area (Å²) in [4.78, 5) is 0. The number of nitrogens with zero attached hydrogens (tertiary/aromatic N) is 1. The van der Waals surface area contributed by atoms with E-state index < -0.39 is 0 Å². The normalized spacial score (nSPS) is 10.6. The van der Waals surface area contributed by atoms with Gasteiger partial charge in [0.15, 0.2) is 16.6 Å². The Labute approximate surface area is 138 Å². The number of halogens is 1. The molecule has 0 aromatic heterocycles. The first kappa shape index (κ1) is 17.0. The Morgan fingerprint density at radius 1 is 1.45 bits per heavy atom. The van der Waals surface area contributed by atoms with Crippen LogP contribution in [0.25, 0.3) is 0 Å². The third kappa shape index (κ3) is 5.49. The van der Waals surface area contributed by atoms with Crippen molar-refractivity contribution >= 4 is 46.1 Å². The molecular weight excluding hydrogens is 389 g/mol. The smallest absolute Gasteiger partial charge is 0.184 e. The van der Waals surface area contributed by atoms with Gasteiger partial charge in [0.2, 0.25) is 0 Å². The number of rotatable bonds is 7. The van der Waals surface area contributed by atoms with Crippen molar-refractivity contribution in [1.82, 2.24) is 5.43 Å². The summed E-state index contributed by atoms with van der Waals surface area (Å²) < 4.78 is 12.3. The molecule has 0 atom stereocenters. The second kappa shape index (κ2) is 8.96. The van der Waals surface area contributed by atoms with Gasteiger partial charge in [0.25, 0.3) is 0 Å². The lowest BCUT2D eigenvalue weighted by Gasteiger charge is -2.14. The number of hydrogen-bond donors (Lipinski definition) is 2. The number of thiocarbonyl (C=S) groups is 1. The summed E-state index contributed by atoms with van der Waals surface area (Å²) in [5.41, 5.74) is 8.70. The Morgan fingerprint density at radius 2 is 2.20 bits per heavy atom. The number of hydrogen-bond acceptors (Lipinski definition) is 4. The van der Waals surface area contributed by atoms with Gasteiger partial charge in [0.1, 0.15) is 0 Å². The second-order valence-corrected chi connectivity index (χ2v) is 5.45. The van der Waals surface area contributed by atoms with E-state index in [0.29, 0.717) is 19.0 Å². The fraction of sp³-hybridized carbons (Fsp3) is 0.385. The molecule has 0 bridgehead atoms. The zero-order valence-electron chi connectivity index (χ0n) is 11.5. The summed E-state index contributed by atoms with van der Waals surface area (Å²) in [5, 5.41) is 4.06. The molecule has 0 saturated heterocycles. The fourth-order valence-electron chi connectivity index (χ4n) is 1.44. The van der Waals surface area contributed by atoms with Gasteiger partial charge in [-0.15, -0.1) is 0 Å². The van der Waals surface area contributed by atoms with E-state index in [0.717, 1.165) is 21.3 Å². The molecule has 5 nitrogen and oxygen atoms in total. The van der Waals surface area contributed by atoms with Gasteiger partial charge in [-0.2, -0.15) is 5.10 Å². The highest BCUT2D eigenvalue weighted by Gasteiger charge is 2.11. The van der Waals surface area contributed by atoms with E-state index in [2.05, 4.69) is 52.3 Å². The monoisotopic (exact) mass is 407 g/mol. The third-order valence-corrected chi connectivity index (χ3v) is 3.06. The topological polar surface area (TPSA) is 68.9 Å². The first-order chi connectivity index (χ1) is 9.58. The van der Waals surface area contributed by atoms with Crippen LogP contribution in [0.1, 0.15) is 25.8 Å². The molecule has 0 fully saturated rings. The van der Waals surface area contributed by atoms with Gasteiger partial charge < -0.3 is 15.2 Å². The molecule has 0 radical (unpaired) electrons. The van der Waals surface area contributed by atoms with Crippen molar-refractivity contribution in [3.8, 4) is 11.5 Å². The van der Waals surface area contributed by atoms with Gasteiger partial charge in [0, 0.05) is 0 Å². The van der Waals surface area contributed by atoms with Gasteiger partial charge in [-0.1, -0.05) is 6.92 Å². The van der Waals surface area contributed by atoms with Crippen molar-refractivity contribution in [2.24, 2.45) is 10.8 Å². The van der Waals surface area contributed by atoms with Crippen LogP contribution in [0.15, 0.2) is 17.2 Å². The maximum Gasteiger partial charge on any atom is 0.184 e. The standard InChI is InChI=1S/C13H18IN3O2S/c1-3-5-19-12-10(14)6-9(7-11(12)18-4-2)8-16-17-13(15)20/h6-8H,3-5H2,1-2H3,(H3,15,17,20). The summed E-state index contributed by atoms with van der Waals surface area (Å²) in [5.74, 6) is 1.48. The van der Waals surface area contributed by atoms with Crippen molar-refractivity contribution in [1.29, 1.82) is 0 Å². The summed E-state index contributed by atoms with van der Waals surface area (Å²) >= 11 is 6.90. The van der Waals surface area contributed by atoms with Gasteiger partial charge in [-0.25, -0.2) is 0 Å². The van der Waals surface area contributed by atoms with E-state index in [9.17, 15) is 0 Å². The van der Waals surface area contributed by atoms with Crippen LogP contribution >= 0.6 is 34.8 Å². The quantitative estimate of drug-likeness (QED) is 0.315. The van der Waals surface area contributed by atoms with E-state index in [-0.39, 0.29) is 5.11 Å². The fourth-order valence-corrected chi connectivity index (χ4v) is 2.27. The van der Waals surface area contributed by atoms with Gasteiger partial charge in [-0.3, -0.25) is 5.43 Å². The minimum absolute atomic E-state index is 0.129. The summed E-state index contributed by atoms with van der Waals surface area (Å²) in [6, 6.07) is 3.83. The molecule has 0 aliphatic heterocycles. The maximum atomic E-state index is 5.73. The molecule has 7 heteroatoms. The van der Waals surface area contributed by atoms with E-state index >= 15 is 0 Å². The van der Waals surface area contributed by atoms with Gasteiger partial charge in [-0.05, 0) is 65.8 Å². The maximum absolute atomic E-state index is 5.73. The lowest BCUT2D eigenvalue weighted by atomic mass is 10.2. The number of ether oxygens (including phenoxy) is 2. The average Bonchev–Trinajstić information content (AvgIpc) is 2.38. The molecular formula is C13H18IN3O2S. The highest BCUT2D eigenvalue weighted by atomic mass is 127. The number of benzene rings is 1. The SMILES string of the molecule is CCCOc1c(I)cc(C=NNC(N)=S)cc1OCC. The Balaban J connectivity index is 2.99. The zero-order chi connectivity index (χ0) is 15.0. The van der Waals surface area contributed by atoms with Gasteiger partial charge >= 0.3 is 0 Å². The van der Waals surface area contributed by atoms with Crippen molar-refractivity contribution in [2.45, 2.75) is 20.3 Å². The zero-order valence-corrected chi connectivity index (χ0v) is 14.5. The van der Waals surface area contributed by atoms with Crippen molar-refractivity contribution in [3.05, 3.63) is 21.3 Å². The van der Waals surface area contributed by atoms with Crippen LogP contribution in [-0.2, 0) is 0 Å². The predicted octanol–water partition coefficient (Wildman–Crippen LogP) is 2.65. The Hall–Kier alpha value is -1.09. The molecule has 0 unspecified atom stereocenters. The Bertz CT molecular complexity index is 495. The van der Waals surface area contributed by atoms with Crippen LogP contribution in [0.2, 0.25) is 0 Å². The molecule has 0 aliphatic rings. The van der Waals surface area contributed by atoms with Crippen LogP contribution in [0.3, 0.4) is 0 Å². The highest BCUT2D eigenvalue weighted by Crippen LogP contribution is 2.34. The predicted molar refractivity (Wildman–Crippen MR) is 93.6 cm³/mol. The number of nitrogens with two attached hydrogens (primary N) is 1. The minimum Gasteiger partial charge on any atom is -0.490 e. The summed E-state index contributed by atoms with van der Waals surface area (Å²) in [6.07, 6.45) is 2.58. The molecule has 20 heavy (non-hydrogen) atoms. The van der Waals surface area contributed by atoms with Crippen LogP contribution in [-0.4, -0.2) is 24.5 Å². The van der Waals surface area contributed by atoms with Crippen molar-refractivity contribution < 1.29 is 9.47 Å². The Morgan fingerprint density at radius 3 is 2.80 bits per heavy atom. The van der Waals surface area contributed by atoms with Crippen molar-refractivity contribution in [2.75, 3.05) is 13.2 Å². The lowest BCUT2D eigenvalue weighted by molar-refractivity contribution is 0.275. The van der Waals surface area contributed by atoms with Crippen LogP contribution in [0, 0.1) is 3.57 Å². The second-order valence-electron chi connectivity index (χ2n) is 3.85. The van der Waals surface area contributed by atoms with E-state index in [1.54, 1.807) is 6.21 Å². The molecule has 0 heterocycles. The Kier molecular flexibility index (Phi) is 7.60. The first-order valence-corrected chi connectivity index (χ1v) is 7.74. The van der Waals surface area contributed by atoms with Crippen LogP contribution in [0.5, 0.6) is 11.5 Å². The van der Waals surface area contributed by atoms with E-state index in [1.165, 1.54) is 0 Å². The van der Waals surface area contributed by atoms with Crippen LogP contribution in [0.4, 0.5) is 0 Å². The van der Waals surface area contributed by atoms with Crippen LogP contribution < -0.4 is 20.6 Å². The minimum atomic E-state index is 0.129. The molecule has 1 rings (SSSR count). The highest BCUT2D eigenvalue weighted by molar-refractivity contribution is 14.1. The molecule has 1 aromatic rings. The molecule has 3 N–H and O–H groups in total. The first-order valence-electron chi connectivity index (χ1n) is 6.26. The largest absolute Gasteiger partial charge is 0.490 e. The summed E-state index contributed by atoms with van der Waals surface area (Å²) in [6.45, 7) is 5.23. The van der Waals surface area contributed by atoms with E-state index in [1.807, 2.05) is 19.1 Å². The van der Waals surface area contributed by atoms with E-state index in [4.69, 9.17) is 15.2 Å². The lowest BCUT2D eigenvalue weighted by Crippen LogP contribution is -2.24. The molecule has 110 valence electrons. The third-order valence-electron chi connectivity index (χ3n) is 2.17. The number of nitrogens with one attached hydrogen (secondary N) is 1. The molecule has 1 aromatic carbocycles. The summed E-state index contributed by atoms with van der Waals surface area (Å²) in [7, 11) is 0. The van der Waals surface area contributed by atoms with Gasteiger partial charge in [0.05, 0.1) is 23.0 Å². The molecule has 0 amide bonds. The molecule has 0 saturated carbocycles. The van der Waals surface area contributed by atoms with Crippen molar-refractivity contribution in [3.63, 3.8) is 0 Å². The number of hydrazone groups is 1.